The summed E-state index contributed by atoms with van der Waals surface area (Å²) in [6.07, 6.45) is -2.64. The van der Waals surface area contributed by atoms with Crippen LogP contribution in [0.4, 0.5) is 18.9 Å². The first-order chi connectivity index (χ1) is 13.8. The molecule has 148 valence electrons. The number of halogens is 5. The molecule has 0 amide bonds. The van der Waals surface area contributed by atoms with E-state index in [-0.39, 0.29) is 0 Å². The van der Waals surface area contributed by atoms with Gasteiger partial charge >= 0.3 is 6.18 Å². The van der Waals surface area contributed by atoms with Gasteiger partial charge in [0, 0.05) is 20.5 Å². The van der Waals surface area contributed by atoms with Gasteiger partial charge < -0.3 is 0 Å². The molecule has 0 bridgehead atoms. The lowest BCUT2D eigenvalue weighted by molar-refractivity contribution is -0.137. The van der Waals surface area contributed by atoms with Crippen molar-refractivity contribution in [3.8, 4) is 0 Å². The van der Waals surface area contributed by atoms with E-state index in [1.165, 1.54) is 23.9 Å². The Morgan fingerprint density at radius 1 is 0.862 bits per heavy atom. The van der Waals surface area contributed by atoms with Gasteiger partial charge in [-0.05, 0) is 53.9 Å². The third-order valence-electron chi connectivity index (χ3n) is 3.78. The first kappa shape index (κ1) is 21.5. The van der Waals surface area contributed by atoms with Crippen LogP contribution in [0.2, 0.25) is 10.0 Å². The summed E-state index contributed by atoms with van der Waals surface area (Å²) in [7, 11) is 0. The monoisotopic (exact) mass is 451 g/mol. The van der Waals surface area contributed by atoms with E-state index >= 15 is 0 Å². The summed E-state index contributed by atoms with van der Waals surface area (Å²) in [5.41, 5.74) is 1.10. The summed E-state index contributed by atoms with van der Waals surface area (Å²) < 4.78 is 38.6. The average Bonchev–Trinajstić information content (AvgIpc) is 2.67. The van der Waals surface area contributed by atoms with Crippen molar-refractivity contribution in [2.45, 2.75) is 11.1 Å². The van der Waals surface area contributed by atoms with Gasteiger partial charge in [-0.1, -0.05) is 65.3 Å². The van der Waals surface area contributed by atoms with Crippen LogP contribution >= 0.6 is 35.0 Å². The van der Waals surface area contributed by atoms with Crippen LogP contribution in [-0.2, 0) is 6.18 Å². The number of nitrogens with zero attached hydrogens (tertiary/aromatic N) is 1. The highest BCUT2D eigenvalue weighted by molar-refractivity contribution is 8.02. The summed E-state index contributed by atoms with van der Waals surface area (Å²) in [4.78, 5) is 5.41. The van der Waals surface area contributed by atoms with Crippen molar-refractivity contribution in [2.24, 2.45) is 4.99 Å². The fraction of sp³-hybridized carbons (Fsp3) is 0.0455. The molecule has 0 spiro atoms. The third-order valence-corrected chi connectivity index (χ3v) is 5.00. The Bertz CT molecular complexity index is 1010. The molecule has 0 aromatic heterocycles. The predicted molar refractivity (Wildman–Crippen MR) is 116 cm³/mol. The number of hydrogen-bond donors (Lipinski definition) is 0. The molecule has 3 aromatic carbocycles. The molecule has 3 rings (SSSR count). The maximum atomic E-state index is 12.9. The molecular formula is C22H14Cl2F3NS. The van der Waals surface area contributed by atoms with Crippen LogP contribution in [-0.4, -0.2) is 5.71 Å². The topological polar surface area (TPSA) is 12.4 Å². The maximum Gasteiger partial charge on any atom is 0.416 e. The van der Waals surface area contributed by atoms with Crippen molar-refractivity contribution in [3.63, 3.8) is 0 Å². The Morgan fingerprint density at radius 3 is 2.07 bits per heavy atom. The maximum absolute atomic E-state index is 12.9. The Kier molecular flexibility index (Phi) is 7.06. The number of rotatable bonds is 5. The largest absolute Gasteiger partial charge is 0.416 e. The fourth-order valence-electron chi connectivity index (χ4n) is 2.44. The Labute approximate surface area is 180 Å². The van der Waals surface area contributed by atoms with Crippen molar-refractivity contribution in [2.75, 3.05) is 0 Å². The van der Waals surface area contributed by atoms with Gasteiger partial charge in [0.2, 0.25) is 0 Å². The highest BCUT2D eigenvalue weighted by Crippen LogP contribution is 2.30. The Balaban J connectivity index is 1.90. The quantitative estimate of drug-likeness (QED) is 0.280. The molecule has 0 unspecified atom stereocenters. The van der Waals surface area contributed by atoms with Gasteiger partial charge in [0.15, 0.2) is 0 Å². The molecule has 0 heterocycles. The van der Waals surface area contributed by atoms with Crippen molar-refractivity contribution in [1.82, 2.24) is 0 Å². The van der Waals surface area contributed by atoms with Crippen molar-refractivity contribution in [1.29, 1.82) is 0 Å². The molecule has 0 atom stereocenters. The minimum absolute atomic E-state index is 0.523. The van der Waals surface area contributed by atoms with E-state index in [1.54, 1.807) is 29.7 Å². The third kappa shape index (κ3) is 6.39. The van der Waals surface area contributed by atoms with Crippen LogP contribution in [0.15, 0.2) is 94.2 Å². The highest BCUT2D eigenvalue weighted by atomic mass is 35.5. The number of aliphatic imine (C=N–C) groups is 1. The Morgan fingerprint density at radius 2 is 1.48 bits per heavy atom. The van der Waals surface area contributed by atoms with Gasteiger partial charge in [-0.15, -0.1) is 0 Å². The van der Waals surface area contributed by atoms with Crippen LogP contribution in [0.5, 0.6) is 0 Å². The van der Waals surface area contributed by atoms with Gasteiger partial charge in [0.05, 0.1) is 17.0 Å². The summed E-state index contributed by atoms with van der Waals surface area (Å²) in [5, 5.41) is 2.84. The average molecular weight is 452 g/mol. The molecule has 3 aromatic rings. The number of alkyl halides is 3. The van der Waals surface area contributed by atoms with Crippen molar-refractivity contribution in [3.05, 3.63) is 105 Å². The van der Waals surface area contributed by atoms with Crippen LogP contribution in [0.25, 0.3) is 0 Å². The lowest BCUT2D eigenvalue weighted by Crippen LogP contribution is -2.05. The van der Waals surface area contributed by atoms with E-state index in [1.807, 2.05) is 30.3 Å². The molecule has 0 saturated heterocycles. The summed E-state index contributed by atoms with van der Waals surface area (Å²) in [6, 6.07) is 19.3. The minimum atomic E-state index is -4.38. The van der Waals surface area contributed by atoms with Crippen LogP contribution < -0.4 is 0 Å². The first-order valence-electron chi connectivity index (χ1n) is 8.42. The van der Waals surface area contributed by atoms with E-state index in [0.717, 1.165) is 17.0 Å². The molecule has 1 nitrogen and oxygen atoms in total. The number of para-hydroxylation sites is 1. The Hall–Kier alpha value is -2.21. The molecule has 0 aliphatic heterocycles. The molecule has 0 fully saturated rings. The van der Waals surface area contributed by atoms with Gasteiger partial charge in [0.1, 0.15) is 0 Å². The lowest BCUT2D eigenvalue weighted by atomic mass is 10.1. The molecule has 0 aliphatic rings. The second kappa shape index (κ2) is 9.53. The zero-order chi connectivity index (χ0) is 20.9. The molecule has 0 saturated carbocycles. The van der Waals surface area contributed by atoms with E-state index in [0.29, 0.717) is 27.0 Å². The smallest absolute Gasteiger partial charge is 0.248 e. The number of hydrogen-bond acceptors (Lipinski definition) is 2. The number of thioether (sulfide) groups is 1. The summed E-state index contributed by atoms with van der Waals surface area (Å²) >= 11 is 13.4. The van der Waals surface area contributed by atoms with E-state index in [4.69, 9.17) is 23.2 Å². The van der Waals surface area contributed by atoms with E-state index in [2.05, 4.69) is 4.99 Å². The van der Waals surface area contributed by atoms with Gasteiger partial charge in [-0.3, -0.25) is 0 Å². The van der Waals surface area contributed by atoms with Crippen molar-refractivity contribution < 1.29 is 13.2 Å². The normalized spacial score (nSPS) is 12.5. The van der Waals surface area contributed by atoms with E-state index in [9.17, 15) is 13.2 Å². The van der Waals surface area contributed by atoms with Crippen molar-refractivity contribution >= 4 is 46.4 Å². The van der Waals surface area contributed by atoms with Crippen LogP contribution in [0.1, 0.15) is 11.1 Å². The molecule has 0 N–H and O–H groups in total. The molecule has 29 heavy (non-hydrogen) atoms. The van der Waals surface area contributed by atoms with Gasteiger partial charge in [0.25, 0.3) is 0 Å². The minimum Gasteiger partial charge on any atom is -0.248 e. The molecular weight excluding hydrogens is 438 g/mol. The SMILES string of the molecule is FC(F)(F)c1ccc(C(C=CSc2cc(Cl)cc(Cl)c2)=Nc2ccccc2)cc1. The standard InChI is InChI=1S/C22H14Cl2F3NS/c23-17-12-18(24)14-20(13-17)29-11-10-21(28-19-4-2-1-3-5-19)15-6-8-16(9-7-15)22(25,26)27/h1-14H. The highest BCUT2D eigenvalue weighted by Gasteiger charge is 2.30. The van der Waals surface area contributed by atoms with Crippen LogP contribution in [0, 0.1) is 0 Å². The second-order valence-corrected chi connectivity index (χ2v) is 7.79. The molecule has 7 heteroatoms. The lowest BCUT2D eigenvalue weighted by Gasteiger charge is -2.08. The van der Waals surface area contributed by atoms with Crippen LogP contribution in [0.3, 0.4) is 0 Å². The van der Waals surface area contributed by atoms with Gasteiger partial charge in [-0.25, -0.2) is 4.99 Å². The summed E-state index contributed by atoms with van der Waals surface area (Å²) in [5.74, 6) is 0. The van der Waals surface area contributed by atoms with E-state index < -0.39 is 11.7 Å². The molecule has 0 aliphatic carbocycles. The fourth-order valence-corrected chi connectivity index (χ4v) is 3.84. The second-order valence-electron chi connectivity index (χ2n) is 5.93. The molecule has 0 radical (unpaired) electrons. The first-order valence-corrected chi connectivity index (χ1v) is 10.1. The zero-order valence-electron chi connectivity index (χ0n) is 14.8. The predicted octanol–water partition coefficient (Wildman–Crippen LogP) is 8.44. The number of benzene rings is 3. The zero-order valence-corrected chi connectivity index (χ0v) is 17.2. The summed E-state index contributed by atoms with van der Waals surface area (Å²) in [6.45, 7) is 0. The number of allylic oxidation sites excluding steroid dienone is 1. The van der Waals surface area contributed by atoms with Gasteiger partial charge in [-0.2, -0.15) is 13.2 Å².